The third-order valence-electron chi connectivity index (χ3n) is 3.26. The van der Waals surface area contributed by atoms with Gasteiger partial charge in [0.2, 0.25) is 0 Å². The number of allylic oxidation sites excluding steroid dienone is 3. The Labute approximate surface area is 156 Å². The van der Waals surface area contributed by atoms with E-state index in [9.17, 15) is 0 Å². The van der Waals surface area contributed by atoms with Crippen LogP contribution in [0, 0.1) is 5.41 Å². The molecule has 2 heterocycles. The summed E-state index contributed by atoms with van der Waals surface area (Å²) in [7, 11) is 1.78. The molecule has 0 saturated carbocycles. The Morgan fingerprint density at radius 1 is 1.19 bits per heavy atom. The van der Waals surface area contributed by atoms with Gasteiger partial charge in [0, 0.05) is 43.1 Å². The molecule has 0 aromatic carbocycles. The van der Waals surface area contributed by atoms with Crippen LogP contribution in [0.15, 0.2) is 54.4 Å². The first-order valence-corrected chi connectivity index (χ1v) is 8.94. The van der Waals surface area contributed by atoms with Crippen molar-refractivity contribution in [3.63, 3.8) is 0 Å². The molecule has 0 radical (unpaired) electrons. The lowest BCUT2D eigenvalue weighted by molar-refractivity contribution is 1.11. The molecule has 0 amide bonds. The average molecular weight is 370 g/mol. The van der Waals surface area contributed by atoms with Crippen molar-refractivity contribution in [1.29, 1.82) is 5.41 Å². The lowest BCUT2D eigenvalue weighted by Crippen LogP contribution is -2.13. The molecule has 0 saturated heterocycles. The van der Waals surface area contributed by atoms with Crippen LogP contribution in [0.25, 0.3) is 16.6 Å². The van der Waals surface area contributed by atoms with Crippen LogP contribution in [0.4, 0.5) is 5.82 Å². The zero-order valence-corrected chi connectivity index (χ0v) is 15.4. The van der Waals surface area contributed by atoms with Crippen molar-refractivity contribution in [2.45, 2.75) is 0 Å². The van der Waals surface area contributed by atoms with Crippen molar-refractivity contribution in [3.05, 3.63) is 60.0 Å². The van der Waals surface area contributed by atoms with Crippen LogP contribution in [0.3, 0.4) is 0 Å². The Kier molecular flexibility index (Phi) is 6.86. The van der Waals surface area contributed by atoms with Gasteiger partial charge in [0.15, 0.2) is 0 Å². The molecule has 2 rings (SSSR count). The Bertz CT molecular complexity index is 872. The van der Waals surface area contributed by atoms with Crippen LogP contribution in [-0.2, 0) is 0 Å². The van der Waals surface area contributed by atoms with Crippen molar-refractivity contribution < 1.29 is 0 Å². The molecule has 0 aliphatic heterocycles. The van der Waals surface area contributed by atoms with Gasteiger partial charge in [-0.3, -0.25) is 4.98 Å². The van der Waals surface area contributed by atoms with Gasteiger partial charge in [0.25, 0.3) is 0 Å². The molecule has 2 aromatic heterocycles. The summed E-state index contributed by atoms with van der Waals surface area (Å²) in [5.74, 6) is 1.49. The number of aromatic nitrogens is 2. The molecule has 2 aromatic rings. The molecule has 8 N–H and O–H groups in total. The second-order valence-electron chi connectivity index (χ2n) is 5.17. The van der Waals surface area contributed by atoms with Gasteiger partial charge in [-0.2, -0.15) is 0 Å². The highest BCUT2D eigenvalue weighted by atomic mass is 32.2. The van der Waals surface area contributed by atoms with E-state index in [1.807, 2.05) is 18.4 Å². The average Bonchev–Trinajstić information content (AvgIpc) is 2.64. The van der Waals surface area contributed by atoms with E-state index in [1.165, 1.54) is 18.2 Å². The molecule has 8 nitrogen and oxygen atoms in total. The maximum Gasteiger partial charge on any atom is 0.132 e. The number of pyridine rings is 2. The normalized spacial score (nSPS) is 12.8. The smallest absolute Gasteiger partial charge is 0.132 e. The second kappa shape index (κ2) is 9.33. The molecular weight excluding hydrogens is 348 g/mol. The van der Waals surface area contributed by atoms with Gasteiger partial charge < -0.3 is 32.2 Å². The van der Waals surface area contributed by atoms with E-state index in [1.54, 1.807) is 37.7 Å². The van der Waals surface area contributed by atoms with E-state index in [0.717, 1.165) is 11.1 Å². The highest BCUT2D eigenvalue weighted by Gasteiger charge is 2.04. The zero-order chi connectivity index (χ0) is 18.9. The van der Waals surface area contributed by atoms with Crippen molar-refractivity contribution in [2.24, 2.45) is 11.5 Å². The van der Waals surface area contributed by atoms with E-state index >= 15 is 0 Å². The third-order valence-corrected chi connectivity index (χ3v) is 3.70. The number of hydrogen-bond acceptors (Lipinski definition) is 9. The van der Waals surface area contributed by atoms with Crippen LogP contribution in [0.2, 0.25) is 0 Å². The maximum atomic E-state index is 7.51. The Hall–Kier alpha value is -3.20. The maximum absolute atomic E-state index is 7.51. The van der Waals surface area contributed by atoms with Gasteiger partial charge in [-0.15, -0.1) is 0 Å². The van der Waals surface area contributed by atoms with Gasteiger partial charge in [-0.1, -0.05) is 11.9 Å². The van der Waals surface area contributed by atoms with Crippen LogP contribution >= 0.6 is 11.9 Å². The lowest BCUT2D eigenvalue weighted by atomic mass is 10.1. The van der Waals surface area contributed by atoms with Gasteiger partial charge in [0.1, 0.15) is 17.5 Å². The number of anilines is 1. The minimum absolute atomic E-state index is 0.405. The molecule has 0 bridgehead atoms. The fourth-order valence-corrected chi connectivity index (χ4v) is 2.42. The minimum Gasteiger partial charge on any atom is -0.393 e. The number of nitrogens with one attached hydrogen (secondary N) is 4. The SMILES string of the molecule is CN/C=C(\C=N)c1cnc2ccc(N/C(N)=C/C=C(\N)NSC)nc2c1. The molecule has 0 aliphatic carbocycles. The highest BCUT2D eigenvalue weighted by Crippen LogP contribution is 2.18. The van der Waals surface area contributed by atoms with Crippen molar-refractivity contribution in [2.75, 3.05) is 18.6 Å². The monoisotopic (exact) mass is 370 g/mol. The first-order valence-electron chi connectivity index (χ1n) is 7.71. The molecule has 26 heavy (non-hydrogen) atoms. The lowest BCUT2D eigenvalue weighted by Gasteiger charge is -2.08. The van der Waals surface area contributed by atoms with Crippen molar-refractivity contribution in [1.82, 2.24) is 20.0 Å². The summed E-state index contributed by atoms with van der Waals surface area (Å²) in [6.07, 6.45) is 9.91. The van der Waals surface area contributed by atoms with Gasteiger partial charge in [-0.25, -0.2) is 4.98 Å². The topological polar surface area (TPSA) is 138 Å². The number of nitrogens with two attached hydrogens (primary N) is 2. The molecular formula is C17H22N8S. The standard InChI is InChI=1S/C17H22N8S/c1-21-9-12(8-18)11-7-14-13(22-10-11)3-6-17(23-14)24-15(19)4-5-16(20)25-26-2/h3-10,18,21,25H,19-20H2,1-2H3,(H,23,24)/b12-9+,15-4+,16-5+,18-8?. The fraction of sp³-hybridized carbons (Fsp3) is 0.118. The number of hydrogen-bond donors (Lipinski definition) is 6. The summed E-state index contributed by atoms with van der Waals surface area (Å²) in [4.78, 5) is 8.92. The van der Waals surface area contributed by atoms with Crippen LogP contribution in [0.1, 0.15) is 5.56 Å². The number of nitrogens with zero attached hydrogens (tertiary/aromatic N) is 2. The Balaban J connectivity index is 2.27. The van der Waals surface area contributed by atoms with E-state index in [4.69, 9.17) is 16.9 Å². The van der Waals surface area contributed by atoms with Crippen molar-refractivity contribution in [3.8, 4) is 0 Å². The predicted molar refractivity (Wildman–Crippen MR) is 110 cm³/mol. The van der Waals surface area contributed by atoms with Crippen LogP contribution in [-0.4, -0.2) is 29.5 Å². The molecule has 9 heteroatoms. The quantitative estimate of drug-likeness (QED) is 0.235. The zero-order valence-electron chi connectivity index (χ0n) is 14.6. The molecule has 0 aliphatic rings. The third kappa shape index (κ3) is 5.15. The Morgan fingerprint density at radius 3 is 2.65 bits per heavy atom. The minimum atomic E-state index is 0.405. The van der Waals surface area contributed by atoms with Crippen LogP contribution in [0.5, 0.6) is 0 Å². The molecule has 136 valence electrons. The van der Waals surface area contributed by atoms with E-state index < -0.39 is 0 Å². The first kappa shape index (κ1) is 19.1. The molecule has 0 atom stereocenters. The summed E-state index contributed by atoms with van der Waals surface area (Å²) in [6.45, 7) is 0. The number of rotatable bonds is 8. The summed E-state index contributed by atoms with van der Waals surface area (Å²) in [5, 5.41) is 13.4. The van der Waals surface area contributed by atoms with Crippen molar-refractivity contribution >= 4 is 40.6 Å². The summed E-state index contributed by atoms with van der Waals surface area (Å²) < 4.78 is 2.90. The molecule has 0 spiro atoms. The Morgan fingerprint density at radius 2 is 1.96 bits per heavy atom. The molecule has 0 unspecified atom stereocenters. The molecule has 0 fully saturated rings. The summed E-state index contributed by atoms with van der Waals surface area (Å²) in [6, 6.07) is 5.53. The predicted octanol–water partition coefficient (Wildman–Crippen LogP) is 1.72. The first-order chi connectivity index (χ1) is 12.6. The largest absolute Gasteiger partial charge is 0.393 e. The summed E-state index contributed by atoms with van der Waals surface area (Å²) >= 11 is 1.40. The van der Waals surface area contributed by atoms with E-state index in [2.05, 4.69) is 25.3 Å². The van der Waals surface area contributed by atoms with Gasteiger partial charge in [0.05, 0.1) is 11.0 Å². The highest BCUT2D eigenvalue weighted by molar-refractivity contribution is 7.96. The van der Waals surface area contributed by atoms with Gasteiger partial charge >= 0.3 is 0 Å². The number of fused-ring (bicyclic) bond motifs is 1. The van der Waals surface area contributed by atoms with E-state index in [-0.39, 0.29) is 0 Å². The van der Waals surface area contributed by atoms with Crippen LogP contribution < -0.4 is 26.8 Å². The van der Waals surface area contributed by atoms with Gasteiger partial charge in [-0.05, 0) is 30.4 Å². The van der Waals surface area contributed by atoms with E-state index in [0.29, 0.717) is 28.5 Å². The fourth-order valence-electron chi connectivity index (χ4n) is 2.12. The summed E-state index contributed by atoms with van der Waals surface area (Å²) in [5.41, 5.74) is 14.6. The second-order valence-corrected chi connectivity index (χ2v) is 5.78.